The Labute approximate surface area is 129 Å². The Morgan fingerprint density at radius 3 is 2.81 bits per heavy atom. The number of nitrogens with zero attached hydrogens (tertiary/aromatic N) is 2. The molecule has 1 heterocycles. The van der Waals surface area contributed by atoms with Crippen molar-refractivity contribution in [2.45, 2.75) is 71.6 Å². The molecule has 1 N–H and O–H groups in total. The van der Waals surface area contributed by atoms with Crippen LogP contribution >= 0.6 is 0 Å². The highest BCUT2D eigenvalue weighted by Gasteiger charge is 2.32. The Hall–Kier alpha value is -0.870. The van der Waals surface area contributed by atoms with Gasteiger partial charge in [-0.1, -0.05) is 13.8 Å². The zero-order chi connectivity index (χ0) is 15.1. The van der Waals surface area contributed by atoms with Crippen LogP contribution in [0.15, 0.2) is 12.3 Å². The molecule has 4 nitrogen and oxygen atoms in total. The van der Waals surface area contributed by atoms with E-state index in [9.17, 15) is 0 Å². The molecule has 4 heteroatoms. The number of nitrogens with one attached hydrogen (secondary N) is 1. The van der Waals surface area contributed by atoms with Crippen LogP contribution in [0.1, 0.15) is 64.6 Å². The predicted octanol–water partition coefficient (Wildman–Crippen LogP) is 3.54. The van der Waals surface area contributed by atoms with E-state index < -0.39 is 0 Å². The Morgan fingerprint density at radius 2 is 2.14 bits per heavy atom. The molecule has 1 aliphatic carbocycles. The van der Waals surface area contributed by atoms with E-state index in [-0.39, 0.29) is 0 Å². The molecule has 2 rings (SSSR count). The average Bonchev–Trinajstić information content (AvgIpc) is 2.89. The molecule has 0 spiro atoms. The lowest BCUT2D eigenvalue weighted by Crippen LogP contribution is -2.35. The summed E-state index contributed by atoms with van der Waals surface area (Å²) in [5.41, 5.74) is 1.35. The molecule has 1 saturated carbocycles. The van der Waals surface area contributed by atoms with E-state index in [1.54, 1.807) is 0 Å². The first-order valence-electron chi connectivity index (χ1n) is 8.65. The number of aromatic nitrogens is 2. The van der Waals surface area contributed by atoms with Crippen LogP contribution in [0.4, 0.5) is 0 Å². The molecule has 0 aromatic carbocycles. The average molecular weight is 293 g/mol. The molecule has 1 unspecified atom stereocenters. The van der Waals surface area contributed by atoms with Crippen molar-refractivity contribution in [3.05, 3.63) is 18.0 Å². The number of aryl methyl sites for hydroxylation is 1. The van der Waals surface area contributed by atoms with Gasteiger partial charge in [0.2, 0.25) is 0 Å². The molecule has 120 valence electrons. The summed E-state index contributed by atoms with van der Waals surface area (Å²) >= 11 is 0. The highest BCUT2D eigenvalue weighted by Crippen LogP contribution is 2.37. The first-order chi connectivity index (χ1) is 10.3. The molecule has 0 bridgehead atoms. The van der Waals surface area contributed by atoms with Crippen LogP contribution in [0.5, 0.6) is 0 Å². The van der Waals surface area contributed by atoms with E-state index in [1.165, 1.54) is 31.4 Å². The van der Waals surface area contributed by atoms with Gasteiger partial charge in [0, 0.05) is 25.4 Å². The van der Waals surface area contributed by atoms with Gasteiger partial charge in [-0.05, 0) is 57.6 Å². The van der Waals surface area contributed by atoms with Crippen LogP contribution in [0.2, 0.25) is 0 Å². The molecule has 0 aliphatic heterocycles. The first kappa shape index (κ1) is 16.5. The monoisotopic (exact) mass is 293 g/mol. The second-order valence-electron chi connectivity index (χ2n) is 6.14. The summed E-state index contributed by atoms with van der Waals surface area (Å²) in [5.74, 6) is 0.792. The summed E-state index contributed by atoms with van der Waals surface area (Å²) < 4.78 is 7.86. The molecule has 1 atom stereocenters. The first-order valence-corrected chi connectivity index (χ1v) is 8.65. The molecular weight excluding hydrogens is 262 g/mol. The number of rotatable bonds is 10. The Kier molecular flexibility index (Phi) is 6.71. The molecule has 0 saturated heterocycles. The fourth-order valence-corrected chi connectivity index (χ4v) is 3.24. The fraction of sp³-hybridized carbons (Fsp3) is 0.824. The van der Waals surface area contributed by atoms with E-state index in [4.69, 9.17) is 4.74 Å². The van der Waals surface area contributed by atoms with Crippen LogP contribution in [-0.2, 0) is 11.3 Å². The second-order valence-corrected chi connectivity index (χ2v) is 6.14. The molecule has 0 amide bonds. The molecule has 1 aliphatic rings. The van der Waals surface area contributed by atoms with Gasteiger partial charge in [-0.15, -0.1) is 0 Å². The molecule has 1 aromatic heterocycles. The Bertz CT molecular complexity index is 398. The third kappa shape index (κ3) is 4.55. The quantitative estimate of drug-likeness (QED) is 0.717. The van der Waals surface area contributed by atoms with Gasteiger partial charge < -0.3 is 10.1 Å². The Morgan fingerprint density at radius 1 is 1.33 bits per heavy atom. The van der Waals surface area contributed by atoms with Crippen molar-refractivity contribution in [2.75, 3.05) is 13.2 Å². The third-order valence-corrected chi connectivity index (χ3v) is 4.35. The van der Waals surface area contributed by atoms with Crippen molar-refractivity contribution in [1.82, 2.24) is 15.1 Å². The summed E-state index contributed by atoms with van der Waals surface area (Å²) in [6, 6.07) is 2.62. The lowest BCUT2D eigenvalue weighted by molar-refractivity contribution is -0.0293. The zero-order valence-electron chi connectivity index (χ0n) is 13.8. The third-order valence-electron chi connectivity index (χ3n) is 4.35. The number of ether oxygens (including phenoxy) is 1. The minimum atomic E-state index is 0.437. The van der Waals surface area contributed by atoms with Gasteiger partial charge in [0.15, 0.2) is 0 Å². The van der Waals surface area contributed by atoms with Gasteiger partial charge in [-0.3, -0.25) is 4.68 Å². The minimum Gasteiger partial charge on any atom is -0.378 e. The van der Waals surface area contributed by atoms with Crippen LogP contribution in [0.25, 0.3) is 0 Å². The van der Waals surface area contributed by atoms with Crippen LogP contribution in [-0.4, -0.2) is 29.0 Å². The van der Waals surface area contributed by atoms with Crippen molar-refractivity contribution in [1.29, 1.82) is 0 Å². The lowest BCUT2D eigenvalue weighted by Gasteiger charge is -2.37. The van der Waals surface area contributed by atoms with Crippen LogP contribution in [0.3, 0.4) is 0 Å². The van der Waals surface area contributed by atoms with Gasteiger partial charge in [-0.2, -0.15) is 5.10 Å². The van der Waals surface area contributed by atoms with E-state index in [0.29, 0.717) is 12.1 Å². The van der Waals surface area contributed by atoms with Crippen molar-refractivity contribution in [3.63, 3.8) is 0 Å². The SMILES string of the molecule is CCCNC(CC1CC(OCC)C1)c1ccnn1CCC. The lowest BCUT2D eigenvalue weighted by atomic mass is 9.77. The van der Waals surface area contributed by atoms with E-state index >= 15 is 0 Å². The Balaban J connectivity index is 1.93. The molecular formula is C17H31N3O. The highest BCUT2D eigenvalue weighted by molar-refractivity contribution is 5.08. The highest BCUT2D eigenvalue weighted by atomic mass is 16.5. The van der Waals surface area contributed by atoms with Gasteiger partial charge in [0.1, 0.15) is 0 Å². The maximum absolute atomic E-state index is 5.69. The molecule has 0 radical (unpaired) electrons. The van der Waals surface area contributed by atoms with E-state index in [0.717, 1.165) is 32.0 Å². The standard InChI is InChI=1S/C17H31N3O/c1-4-8-18-16(13-14-11-15(12-14)21-6-3)17-7-9-19-20(17)10-5-2/h7,9,14-16,18H,4-6,8,10-13H2,1-3H3. The molecule has 21 heavy (non-hydrogen) atoms. The largest absolute Gasteiger partial charge is 0.378 e. The van der Waals surface area contributed by atoms with Gasteiger partial charge in [0.25, 0.3) is 0 Å². The smallest absolute Gasteiger partial charge is 0.0580 e. The minimum absolute atomic E-state index is 0.437. The van der Waals surface area contributed by atoms with Gasteiger partial charge >= 0.3 is 0 Å². The summed E-state index contributed by atoms with van der Waals surface area (Å²) in [7, 11) is 0. The fourth-order valence-electron chi connectivity index (χ4n) is 3.24. The predicted molar refractivity (Wildman–Crippen MR) is 86.3 cm³/mol. The molecule has 1 fully saturated rings. The van der Waals surface area contributed by atoms with Gasteiger partial charge in [-0.25, -0.2) is 0 Å². The van der Waals surface area contributed by atoms with Crippen molar-refractivity contribution in [2.24, 2.45) is 5.92 Å². The summed E-state index contributed by atoms with van der Waals surface area (Å²) in [5, 5.41) is 8.20. The number of hydrogen-bond acceptors (Lipinski definition) is 3. The summed E-state index contributed by atoms with van der Waals surface area (Å²) in [4.78, 5) is 0. The van der Waals surface area contributed by atoms with Crippen molar-refractivity contribution < 1.29 is 4.74 Å². The maximum Gasteiger partial charge on any atom is 0.0580 e. The second kappa shape index (κ2) is 8.54. The normalized spacial score (nSPS) is 23.0. The summed E-state index contributed by atoms with van der Waals surface area (Å²) in [6.07, 6.45) is 8.40. The molecule has 1 aromatic rings. The number of hydrogen-bond donors (Lipinski definition) is 1. The zero-order valence-corrected chi connectivity index (χ0v) is 13.8. The van der Waals surface area contributed by atoms with Crippen molar-refractivity contribution >= 4 is 0 Å². The summed E-state index contributed by atoms with van der Waals surface area (Å²) in [6.45, 7) is 9.45. The van der Waals surface area contributed by atoms with E-state index in [1.807, 2.05) is 6.20 Å². The maximum atomic E-state index is 5.69. The van der Waals surface area contributed by atoms with Crippen LogP contribution < -0.4 is 5.32 Å². The van der Waals surface area contributed by atoms with Gasteiger partial charge in [0.05, 0.1) is 11.8 Å². The van der Waals surface area contributed by atoms with E-state index in [2.05, 4.69) is 41.9 Å². The van der Waals surface area contributed by atoms with Crippen LogP contribution in [0, 0.1) is 5.92 Å². The van der Waals surface area contributed by atoms with Crippen molar-refractivity contribution in [3.8, 4) is 0 Å². The topological polar surface area (TPSA) is 39.1 Å².